The van der Waals surface area contributed by atoms with Gasteiger partial charge in [0.2, 0.25) is 5.91 Å². The Morgan fingerprint density at radius 1 is 1.05 bits per heavy atom. The molecular weight excluding hydrogens is 262 g/mol. The fourth-order valence-electron chi connectivity index (χ4n) is 2.05. The highest BCUT2D eigenvalue weighted by Crippen LogP contribution is 2.30. The molecule has 0 atom stereocenters. The number of benzene rings is 2. The maximum Gasteiger partial charge on any atom is 0.264 e. The van der Waals surface area contributed by atoms with E-state index in [1.165, 1.54) is 6.07 Å². The van der Waals surface area contributed by atoms with Gasteiger partial charge in [0.1, 0.15) is 0 Å². The summed E-state index contributed by atoms with van der Waals surface area (Å²) in [6.45, 7) is 0. The highest BCUT2D eigenvalue weighted by molar-refractivity contribution is 7.90. The Kier molecular flexibility index (Phi) is 2.78. The van der Waals surface area contributed by atoms with Gasteiger partial charge in [0.15, 0.2) is 0 Å². The molecule has 3 rings (SSSR count). The van der Waals surface area contributed by atoms with E-state index >= 15 is 0 Å². The molecule has 1 saturated carbocycles. The van der Waals surface area contributed by atoms with Crippen molar-refractivity contribution in [1.82, 2.24) is 4.72 Å². The first-order valence-electron chi connectivity index (χ1n) is 6.12. The van der Waals surface area contributed by atoms with E-state index in [0.717, 1.165) is 18.2 Å². The van der Waals surface area contributed by atoms with E-state index in [9.17, 15) is 13.2 Å². The Hall–Kier alpha value is -1.88. The standard InChI is InChI=1S/C14H13NO3S/c16-14(11-8-9-11)15-19(17,18)13-7-3-5-10-4-1-2-6-12(10)13/h1-7,11H,8-9H2,(H,15,16). The molecule has 0 aliphatic heterocycles. The van der Waals surface area contributed by atoms with Gasteiger partial charge in [-0.1, -0.05) is 36.4 Å². The molecule has 1 N–H and O–H groups in total. The van der Waals surface area contributed by atoms with Crippen molar-refractivity contribution in [1.29, 1.82) is 0 Å². The summed E-state index contributed by atoms with van der Waals surface area (Å²) < 4.78 is 26.7. The van der Waals surface area contributed by atoms with Gasteiger partial charge < -0.3 is 0 Å². The first kappa shape index (κ1) is 12.2. The zero-order chi connectivity index (χ0) is 13.5. The van der Waals surface area contributed by atoms with Crippen molar-refractivity contribution in [3.8, 4) is 0 Å². The van der Waals surface area contributed by atoms with Crippen LogP contribution in [0.25, 0.3) is 10.8 Å². The zero-order valence-corrected chi connectivity index (χ0v) is 11.0. The highest BCUT2D eigenvalue weighted by Gasteiger charge is 2.33. The van der Waals surface area contributed by atoms with Gasteiger partial charge in [0.05, 0.1) is 4.90 Å². The summed E-state index contributed by atoms with van der Waals surface area (Å²) in [7, 11) is -3.79. The molecule has 0 unspecified atom stereocenters. The van der Waals surface area contributed by atoms with Gasteiger partial charge in [-0.2, -0.15) is 0 Å². The van der Waals surface area contributed by atoms with Crippen molar-refractivity contribution in [3.05, 3.63) is 42.5 Å². The first-order valence-corrected chi connectivity index (χ1v) is 7.61. The number of hydrogen-bond donors (Lipinski definition) is 1. The smallest absolute Gasteiger partial charge is 0.264 e. The molecule has 5 heteroatoms. The van der Waals surface area contributed by atoms with E-state index in [1.54, 1.807) is 18.2 Å². The third-order valence-corrected chi connectivity index (χ3v) is 4.63. The molecule has 0 heterocycles. The van der Waals surface area contributed by atoms with Gasteiger partial charge in [-0.05, 0) is 24.3 Å². The minimum atomic E-state index is -3.79. The summed E-state index contributed by atoms with van der Waals surface area (Å²) in [6.07, 6.45) is 1.55. The van der Waals surface area contributed by atoms with Crippen molar-refractivity contribution in [2.45, 2.75) is 17.7 Å². The van der Waals surface area contributed by atoms with Gasteiger partial charge in [-0.25, -0.2) is 13.1 Å². The molecule has 1 aliphatic rings. The van der Waals surface area contributed by atoms with Crippen LogP contribution in [-0.4, -0.2) is 14.3 Å². The molecule has 0 aromatic heterocycles. The second-order valence-electron chi connectivity index (χ2n) is 4.72. The fraction of sp³-hybridized carbons (Fsp3) is 0.214. The van der Waals surface area contributed by atoms with Crippen LogP contribution in [0.15, 0.2) is 47.4 Å². The third-order valence-electron chi connectivity index (χ3n) is 3.22. The lowest BCUT2D eigenvalue weighted by Gasteiger charge is -2.09. The second-order valence-corrected chi connectivity index (χ2v) is 6.37. The topological polar surface area (TPSA) is 63.2 Å². The van der Waals surface area contributed by atoms with Crippen LogP contribution in [0.3, 0.4) is 0 Å². The number of carbonyl (C=O) groups excluding carboxylic acids is 1. The molecule has 19 heavy (non-hydrogen) atoms. The van der Waals surface area contributed by atoms with Gasteiger partial charge in [0.25, 0.3) is 10.0 Å². The van der Waals surface area contributed by atoms with Crippen LogP contribution in [0.5, 0.6) is 0 Å². The average Bonchev–Trinajstić information content (AvgIpc) is 3.22. The van der Waals surface area contributed by atoms with Crippen LogP contribution in [0.1, 0.15) is 12.8 Å². The van der Waals surface area contributed by atoms with Gasteiger partial charge in [-0.3, -0.25) is 4.79 Å². The van der Waals surface area contributed by atoms with Gasteiger partial charge in [-0.15, -0.1) is 0 Å². The predicted molar refractivity (Wildman–Crippen MR) is 72.0 cm³/mol. The lowest BCUT2D eigenvalue weighted by molar-refractivity contribution is -0.120. The molecule has 2 aromatic carbocycles. The molecule has 2 aromatic rings. The predicted octanol–water partition coefficient (Wildman–Crippen LogP) is 2.05. The summed E-state index contributed by atoms with van der Waals surface area (Å²) >= 11 is 0. The summed E-state index contributed by atoms with van der Waals surface area (Å²) in [4.78, 5) is 11.8. The van der Waals surface area contributed by atoms with Crippen molar-refractivity contribution in [2.75, 3.05) is 0 Å². The van der Waals surface area contributed by atoms with E-state index in [2.05, 4.69) is 4.72 Å². The minimum Gasteiger partial charge on any atom is -0.274 e. The van der Waals surface area contributed by atoms with Crippen LogP contribution >= 0.6 is 0 Å². The maximum atomic E-state index is 12.3. The van der Waals surface area contributed by atoms with E-state index in [0.29, 0.717) is 5.39 Å². The van der Waals surface area contributed by atoms with Crippen molar-refractivity contribution in [2.24, 2.45) is 5.92 Å². The van der Waals surface area contributed by atoms with Crippen LogP contribution in [0.4, 0.5) is 0 Å². The minimum absolute atomic E-state index is 0.134. The Bertz CT molecular complexity index is 743. The third kappa shape index (κ3) is 2.33. The number of nitrogens with one attached hydrogen (secondary N) is 1. The molecule has 98 valence electrons. The number of fused-ring (bicyclic) bond motifs is 1. The van der Waals surface area contributed by atoms with Gasteiger partial charge >= 0.3 is 0 Å². The maximum absolute atomic E-state index is 12.3. The molecule has 1 aliphatic carbocycles. The second kappa shape index (κ2) is 4.35. The summed E-state index contributed by atoms with van der Waals surface area (Å²) in [5.41, 5.74) is 0. The summed E-state index contributed by atoms with van der Waals surface area (Å²) in [5.74, 6) is -0.530. The monoisotopic (exact) mass is 275 g/mol. The van der Waals surface area contributed by atoms with E-state index < -0.39 is 15.9 Å². The van der Waals surface area contributed by atoms with E-state index in [4.69, 9.17) is 0 Å². The summed E-state index contributed by atoms with van der Waals surface area (Å²) in [5, 5.41) is 1.46. The molecule has 0 radical (unpaired) electrons. The van der Waals surface area contributed by atoms with E-state index in [-0.39, 0.29) is 10.8 Å². The number of carbonyl (C=O) groups is 1. The van der Waals surface area contributed by atoms with Gasteiger partial charge in [0, 0.05) is 11.3 Å². The van der Waals surface area contributed by atoms with Crippen LogP contribution < -0.4 is 4.72 Å². The molecule has 1 fully saturated rings. The molecule has 0 bridgehead atoms. The Morgan fingerprint density at radius 2 is 1.74 bits per heavy atom. The average molecular weight is 275 g/mol. The van der Waals surface area contributed by atoms with Crippen LogP contribution in [0, 0.1) is 5.92 Å². The van der Waals surface area contributed by atoms with Crippen LogP contribution in [-0.2, 0) is 14.8 Å². The highest BCUT2D eigenvalue weighted by atomic mass is 32.2. The van der Waals surface area contributed by atoms with Crippen molar-refractivity contribution < 1.29 is 13.2 Å². The lowest BCUT2D eigenvalue weighted by atomic mass is 10.1. The number of rotatable bonds is 3. The molecular formula is C14H13NO3S. The first-order chi connectivity index (χ1) is 9.08. The van der Waals surface area contributed by atoms with E-state index in [1.807, 2.05) is 18.2 Å². The SMILES string of the molecule is O=C(NS(=O)(=O)c1cccc2ccccc12)C1CC1. The lowest BCUT2D eigenvalue weighted by Crippen LogP contribution is -2.31. The van der Waals surface area contributed by atoms with Crippen molar-refractivity contribution >= 4 is 26.7 Å². The Labute approximate surface area is 111 Å². The number of sulfonamides is 1. The summed E-state index contributed by atoms with van der Waals surface area (Å²) in [6, 6.07) is 12.3. The van der Waals surface area contributed by atoms with Crippen molar-refractivity contribution in [3.63, 3.8) is 0 Å². The Morgan fingerprint density at radius 3 is 2.47 bits per heavy atom. The molecule has 1 amide bonds. The largest absolute Gasteiger partial charge is 0.274 e. The number of hydrogen-bond acceptors (Lipinski definition) is 3. The molecule has 4 nitrogen and oxygen atoms in total. The molecule has 0 spiro atoms. The normalized spacial score (nSPS) is 15.4. The Balaban J connectivity index is 2.05. The fourth-order valence-corrected chi connectivity index (χ4v) is 3.32. The van der Waals surface area contributed by atoms with Crippen LogP contribution in [0.2, 0.25) is 0 Å². The number of amides is 1. The quantitative estimate of drug-likeness (QED) is 0.932. The zero-order valence-electron chi connectivity index (χ0n) is 10.2. The molecule has 0 saturated heterocycles.